The standard InChI is InChI=1S/C27H25FN2S.C19H19FN2O.C8H5BrS.Y/c1-27-15-19-16-29-30(23-12-10-22(28)11-13-23)25(19)14-21(27)9-8-20(27)7-6-18-17-31-26-5-3-2-4-24(18)26;1-19-11-13-12-21-22(17-6-4-16(20)5-7-17)18(13)10-15(19)3-2-14(19)8-9-23;9-7-5-10-8-4-2-1-3-6(7)8;/h2-5,10-14,16-17,20H,6-9,15H2,1H3;4-7,9-10,12,14H,2-3,8,11H2,1H3;1-5H;/t20-,27+;14-,19-;;/m01../s1. The van der Waals surface area contributed by atoms with Crippen LogP contribution in [0.2, 0.25) is 0 Å². The monoisotopic (exact) mass is 1040 g/mol. The molecule has 4 heterocycles. The van der Waals surface area contributed by atoms with Crippen molar-refractivity contribution in [2.75, 3.05) is 0 Å². The van der Waals surface area contributed by atoms with Gasteiger partial charge in [0.1, 0.15) is 17.9 Å². The van der Waals surface area contributed by atoms with Crippen molar-refractivity contribution in [3.8, 4) is 11.4 Å². The van der Waals surface area contributed by atoms with Crippen LogP contribution in [0.25, 0.3) is 43.7 Å². The molecular formula is C54H49BrF2N4OS2Y. The molecule has 4 aromatic carbocycles. The van der Waals surface area contributed by atoms with Crippen LogP contribution in [0, 0.1) is 34.3 Å². The van der Waals surface area contributed by atoms with Crippen LogP contribution in [0.3, 0.4) is 0 Å². The molecule has 4 atom stereocenters. The largest absolute Gasteiger partial charge is 0.303 e. The van der Waals surface area contributed by atoms with Crippen LogP contribution >= 0.6 is 38.6 Å². The molecule has 4 aromatic heterocycles. The van der Waals surface area contributed by atoms with E-state index in [4.69, 9.17) is 0 Å². The summed E-state index contributed by atoms with van der Waals surface area (Å²) in [5.74, 6) is 0.661. The molecule has 327 valence electrons. The first-order valence-corrected chi connectivity index (χ1v) is 24.7. The maximum atomic E-state index is 13.4. The topological polar surface area (TPSA) is 52.7 Å². The minimum Gasteiger partial charge on any atom is -0.303 e. The fourth-order valence-electron chi connectivity index (χ4n) is 10.9. The van der Waals surface area contributed by atoms with Gasteiger partial charge < -0.3 is 4.79 Å². The number of rotatable bonds is 7. The summed E-state index contributed by atoms with van der Waals surface area (Å²) in [6, 6.07) is 30.2. The molecule has 2 fully saturated rings. The van der Waals surface area contributed by atoms with Crippen molar-refractivity contribution in [2.45, 2.75) is 71.6 Å². The van der Waals surface area contributed by atoms with Gasteiger partial charge in [-0.05, 0) is 190 Å². The molecule has 0 aliphatic heterocycles. The van der Waals surface area contributed by atoms with Gasteiger partial charge in [-0.15, -0.1) is 22.7 Å². The Labute approximate surface area is 420 Å². The molecule has 0 unspecified atom stereocenters. The van der Waals surface area contributed by atoms with Crippen molar-refractivity contribution in [3.05, 3.63) is 176 Å². The van der Waals surface area contributed by atoms with E-state index in [0.29, 0.717) is 18.3 Å². The summed E-state index contributed by atoms with van der Waals surface area (Å²) in [6.45, 7) is 4.73. The van der Waals surface area contributed by atoms with Crippen LogP contribution in [0.15, 0.2) is 136 Å². The number of thiophene rings is 2. The number of aldehydes is 1. The first kappa shape index (κ1) is 45.9. The van der Waals surface area contributed by atoms with E-state index >= 15 is 0 Å². The third-order valence-electron chi connectivity index (χ3n) is 14.6. The molecule has 4 aliphatic carbocycles. The number of aromatic nitrogens is 4. The van der Waals surface area contributed by atoms with Crippen molar-refractivity contribution < 1.29 is 46.3 Å². The van der Waals surface area contributed by atoms with E-state index < -0.39 is 0 Å². The van der Waals surface area contributed by atoms with E-state index in [1.165, 1.54) is 96.1 Å². The molecule has 0 spiro atoms. The zero-order valence-corrected chi connectivity index (χ0v) is 42.6. The Hall–Kier alpha value is -4.19. The van der Waals surface area contributed by atoms with Gasteiger partial charge in [-0.3, -0.25) is 0 Å². The Bertz CT molecular complexity index is 3060. The maximum Gasteiger partial charge on any atom is 0.123 e. The van der Waals surface area contributed by atoms with Gasteiger partial charge in [0.05, 0.1) is 35.2 Å². The second-order valence-corrected chi connectivity index (χ2v) is 20.8. The Morgan fingerprint density at radius 1 is 0.692 bits per heavy atom. The first-order valence-electron chi connectivity index (χ1n) is 22.2. The first-order chi connectivity index (χ1) is 31.1. The fourth-order valence-corrected chi connectivity index (χ4v) is 13.5. The van der Waals surface area contributed by atoms with Crippen molar-refractivity contribution in [1.82, 2.24) is 19.6 Å². The molecule has 0 saturated heterocycles. The van der Waals surface area contributed by atoms with Crippen LogP contribution in [0.5, 0.6) is 0 Å². The van der Waals surface area contributed by atoms with E-state index in [1.807, 2.05) is 33.1 Å². The predicted molar refractivity (Wildman–Crippen MR) is 262 cm³/mol. The van der Waals surface area contributed by atoms with Gasteiger partial charge in [-0.25, -0.2) is 18.1 Å². The Kier molecular flexibility index (Phi) is 13.6. The van der Waals surface area contributed by atoms with Gasteiger partial charge in [-0.1, -0.05) is 61.4 Å². The Balaban J connectivity index is 0.000000137. The summed E-state index contributed by atoms with van der Waals surface area (Å²) in [6.07, 6.45) is 19.1. The van der Waals surface area contributed by atoms with Gasteiger partial charge in [0.25, 0.3) is 0 Å². The number of allylic oxidation sites excluding steroid dienone is 2. The number of carbonyl (C=O) groups is 1. The molecule has 8 aromatic rings. The summed E-state index contributed by atoms with van der Waals surface area (Å²) in [4.78, 5) is 11.0. The average molecular weight is 1040 g/mol. The molecule has 5 nitrogen and oxygen atoms in total. The van der Waals surface area contributed by atoms with Crippen molar-refractivity contribution >= 4 is 77.2 Å². The zero-order chi connectivity index (χ0) is 44.0. The summed E-state index contributed by atoms with van der Waals surface area (Å²) in [5.41, 5.74) is 11.3. The molecule has 65 heavy (non-hydrogen) atoms. The summed E-state index contributed by atoms with van der Waals surface area (Å²) < 4.78 is 34.3. The van der Waals surface area contributed by atoms with Crippen LogP contribution in [0.4, 0.5) is 8.78 Å². The number of halogens is 3. The van der Waals surface area contributed by atoms with E-state index in [2.05, 4.69) is 111 Å². The van der Waals surface area contributed by atoms with E-state index in [1.54, 1.807) is 41.2 Å². The Morgan fingerprint density at radius 2 is 1.18 bits per heavy atom. The third-order valence-corrected chi connectivity index (χ3v) is 17.5. The van der Waals surface area contributed by atoms with Gasteiger partial charge >= 0.3 is 0 Å². The smallest absolute Gasteiger partial charge is 0.123 e. The van der Waals surface area contributed by atoms with Gasteiger partial charge in [0, 0.05) is 63.8 Å². The van der Waals surface area contributed by atoms with Gasteiger partial charge in [0.2, 0.25) is 0 Å². The number of benzene rings is 4. The second kappa shape index (κ2) is 19.2. The quantitative estimate of drug-likeness (QED) is 0.150. The zero-order valence-electron chi connectivity index (χ0n) is 36.5. The molecule has 2 saturated carbocycles. The van der Waals surface area contributed by atoms with Crippen LogP contribution in [0.1, 0.15) is 80.5 Å². The summed E-state index contributed by atoms with van der Waals surface area (Å²) in [7, 11) is 0. The summed E-state index contributed by atoms with van der Waals surface area (Å²) >= 11 is 7.11. The minimum atomic E-state index is -0.242. The van der Waals surface area contributed by atoms with Crippen molar-refractivity contribution in [1.29, 1.82) is 0 Å². The fraction of sp³-hybridized carbons (Fsp3) is 0.278. The van der Waals surface area contributed by atoms with Crippen molar-refractivity contribution in [2.24, 2.45) is 22.7 Å². The van der Waals surface area contributed by atoms with Gasteiger partial charge in [-0.2, -0.15) is 10.2 Å². The molecule has 4 aliphatic rings. The average Bonchev–Trinajstić information content (AvgIpc) is 4.18. The van der Waals surface area contributed by atoms with E-state index in [0.717, 1.165) is 55.5 Å². The second-order valence-electron chi connectivity index (χ2n) is 18.2. The van der Waals surface area contributed by atoms with Crippen molar-refractivity contribution in [3.63, 3.8) is 0 Å². The van der Waals surface area contributed by atoms with Crippen LogP contribution in [-0.2, 0) is 56.8 Å². The number of hydrogen-bond donors (Lipinski definition) is 0. The van der Waals surface area contributed by atoms with Gasteiger partial charge in [0.15, 0.2) is 0 Å². The molecule has 11 heteroatoms. The Morgan fingerprint density at radius 3 is 1.74 bits per heavy atom. The number of nitrogens with zero attached hydrogens (tertiary/aromatic N) is 4. The maximum absolute atomic E-state index is 13.4. The molecule has 1 radical (unpaired) electrons. The predicted octanol–water partition coefficient (Wildman–Crippen LogP) is 14.8. The molecule has 0 bridgehead atoms. The van der Waals surface area contributed by atoms with E-state index in [9.17, 15) is 13.6 Å². The normalized spacial score (nSPS) is 21.4. The number of carbonyl (C=O) groups excluding carboxylic acids is 1. The molecule has 0 amide bonds. The minimum absolute atomic E-state index is 0. The third kappa shape index (κ3) is 8.91. The molecule has 12 rings (SSSR count). The number of aryl methyl sites for hydroxylation is 1. The summed E-state index contributed by atoms with van der Waals surface area (Å²) in [5, 5.41) is 16.4. The van der Waals surface area contributed by atoms with Crippen LogP contribution < -0.4 is 0 Å². The number of hydrogen-bond acceptors (Lipinski definition) is 5. The SMILES string of the molecule is Brc1csc2ccccc12.C[C@]12Cc3cnn(-c4ccc(F)cc4)c3C=C1CC[C@@H]2CC=O.C[C@]12Cc3cnn(-c4ccc(F)cc4)c3C=C1CC[C@@H]2CCc1csc2ccccc12.[Y]. The van der Waals surface area contributed by atoms with E-state index in [-0.39, 0.29) is 55.2 Å². The molecular weight excluding hydrogens is 992 g/mol. The molecule has 0 N–H and O–H groups in total. The number of fused-ring (bicyclic) bond motifs is 6. The van der Waals surface area contributed by atoms with Crippen LogP contribution in [-0.4, -0.2) is 25.8 Å².